The van der Waals surface area contributed by atoms with Crippen LogP contribution in [0.5, 0.6) is 0 Å². The van der Waals surface area contributed by atoms with E-state index in [2.05, 4.69) is 12.2 Å². The number of aryl methyl sites for hydroxylation is 1. The number of carbonyl (C=O) groups excluding carboxylic acids is 1. The van der Waals surface area contributed by atoms with E-state index >= 15 is 0 Å². The molecule has 0 aliphatic rings. The lowest BCUT2D eigenvalue weighted by Crippen LogP contribution is -2.20. The Balaban J connectivity index is 1.85. The number of nitrogens with zero attached hydrogens (tertiary/aromatic N) is 1. The number of hydrogen-bond donors (Lipinski definition) is 2. The molecule has 138 valence electrons. The van der Waals surface area contributed by atoms with Crippen LogP contribution in [0.2, 0.25) is 0 Å². The van der Waals surface area contributed by atoms with Gasteiger partial charge < -0.3 is 9.73 Å². The Kier molecular flexibility index (Phi) is 5.30. The fraction of sp³-hybridized carbons (Fsp3) is 0.200. The first-order valence-electron chi connectivity index (χ1n) is 8.65. The molecule has 3 rings (SSSR count). The van der Waals surface area contributed by atoms with Crippen LogP contribution in [0.3, 0.4) is 0 Å². The smallest absolute Gasteiger partial charge is 0.270 e. The summed E-state index contributed by atoms with van der Waals surface area (Å²) in [5.74, 6) is -0.501. The van der Waals surface area contributed by atoms with Gasteiger partial charge in [-0.15, -0.1) is 0 Å². The first-order chi connectivity index (χ1) is 13.0. The number of anilines is 1. The number of unbranched alkanes of at least 4 members (excludes halogenated alkanes) is 1. The Morgan fingerprint density at radius 2 is 1.93 bits per heavy atom. The van der Waals surface area contributed by atoms with Crippen molar-refractivity contribution in [1.29, 1.82) is 5.41 Å². The number of rotatable bonds is 6. The van der Waals surface area contributed by atoms with Gasteiger partial charge in [-0.05, 0) is 42.7 Å². The summed E-state index contributed by atoms with van der Waals surface area (Å²) in [6.07, 6.45) is 3.22. The Labute approximate surface area is 155 Å². The number of carbonyl (C=O) groups is 1. The van der Waals surface area contributed by atoms with Crippen molar-refractivity contribution in [2.75, 3.05) is 5.32 Å². The third kappa shape index (κ3) is 4.20. The van der Waals surface area contributed by atoms with Crippen molar-refractivity contribution >= 4 is 28.3 Å². The predicted molar refractivity (Wildman–Crippen MR) is 102 cm³/mol. The van der Waals surface area contributed by atoms with Crippen LogP contribution in [0.25, 0.3) is 11.0 Å². The largest absolute Gasteiger partial charge is 0.438 e. The van der Waals surface area contributed by atoms with Crippen LogP contribution < -0.4 is 10.9 Å². The summed E-state index contributed by atoms with van der Waals surface area (Å²) in [6.45, 7) is 2.14. The third-order valence-corrected chi connectivity index (χ3v) is 4.24. The monoisotopic (exact) mass is 365 g/mol. The molecule has 0 spiro atoms. The highest BCUT2D eigenvalue weighted by Crippen LogP contribution is 2.21. The Hall–Kier alpha value is -3.48. The number of fused-ring (bicyclic) bond motifs is 1. The van der Waals surface area contributed by atoms with Crippen LogP contribution in [0.4, 0.5) is 11.4 Å². The maximum Gasteiger partial charge on any atom is 0.270 e. The number of nitro groups is 1. The van der Waals surface area contributed by atoms with Crippen LogP contribution in [-0.4, -0.2) is 10.8 Å². The molecule has 2 aromatic carbocycles. The Morgan fingerprint density at radius 1 is 1.19 bits per heavy atom. The summed E-state index contributed by atoms with van der Waals surface area (Å²) in [7, 11) is 0. The van der Waals surface area contributed by atoms with E-state index in [1.807, 2.05) is 24.3 Å². The number of nitrogens with one attached hydrogen (secondary N) is 2. The lowest BCUT2D eigenvalue weighted by molar-refractivity contribution is -0.384. The van der Waals surface area contributed by atoms with Crippen molar-refractivity contribution < 1.29 is 14.1 Å². The van der Waals surface area contributed by atoms with Gasteiger partial charge in [-0.3, -0.25) is 20.3 Å². The van der Waals surface area contributed by atoms with E-state index in [0.717, 1.165) is 19.3 Å². The molecule has 0 radical (unpaired) electrons. The Bertz CT molecular complexity index is 1060. The molecule has 0 bridgehead atoms. The summed E-state index contributed by atoms with van der Waals surface area (Å²) < 4.78 is 5.33. The van der Waals surface area contributed by atoms with E-state index in [1.165, 1.54) is 29.8 Å². The van der Waals surface area contributed by atoms with E-state index in [1.54, 1.807) is 0 Å². The highest BCUT2D eigenvalue weighted by atomic mass is 16.6. The maximum atomic E-state index is 12.5. The summed E-state index contributed by atoms with van der Waals surface area (Å²) in [6, 6.07) is 13.0. The van der Waals surface area contributed by atoms with Crippen LogP contribution in [-0.2, 0) is 6.42 Å². The molecule has 0 atom stereocenters. The fourth-order valence-electron chi connectivity index (χ4n) is 2.74. The van der Waals surface area contributed by atoms with Gasteiger partial charge >= 0.3 is 0 Å². The van der Waals surface area contributed by atoms with Crippen LogP contribution in [0.15, 0.2) is 52.9 Å². The highest BCUT2D eigenvalue weighted by Gasteiger charge is 2.14. The molecular weight excluding hydrogens is 346 g/mol. The van der Waals surface area contributed by atoms with Crippen molar-refractivity contribution in [2.45, 2.75) is 26.2 Å². The molecule has 3 aromatic rings. The van der Waals surface area contributed by atoms with Crippen molar-refractivity contribution in [3.05, 3.63) is 75.3 Å². The number of nitro benzene ring substituents is 1. The first-order valence-corrected chi connectivity index (χ1v) is 8.65. The second-order valence-electron chi connectivity index (χ2n) is 6.22. The zero-order valence-electron chi connectivity index (χ0n) is 14.8. The zero-order valence-corrected chi connectivity index (χ0v) is 14.8. The summed E-state index contributed by atoms with van der Waals surface area (Å²) in [5.41, 5.74) is 1.72. The molecule has 0 aliphatic carbocycles. The predicted octanol–water partition coefficient (Wildman–Crippen LogP) is 4.42. The second-order valence-corrected chi connectivity index (χ2v) is 6.22. The van der Waals surface area contributed by atoms with Crippen LogP contribution in [0, 0.1) is 15.5 Å². The van der Waals surface area contributed by atoms with Gasteiger partial charge in [0.05, 0.1) is 4.92 Å². The molecule has 27 heavy (non-hydrogen) atoms. The van der Waals surface area contributed by atoms with Gasteiger partial charge in [-0.2, -0.15) is 0 Å². The quantitative estimate of drug-likeness (QED) is 0.498. The third-order valence-electron chi connectivity index (χ3n) is 4.24. The minimum atomic E-state index is -0.520. The molecule has 0 aliphatic heterocycles. The molecular formula is C20H19N3O4. The molecule has 0 unspecified atom stereocenters. The molecule has 2 N–H and O–H groups in total. The van der Waals surface area contributed by atoms with Gasteiger partial charge in [0.1, 0.15) is 11.1 Å². The molecule has 7 nitrogen and oxygen atoms in total. The van der Waals surface area contributed by atoms with Gasteiger partial charge in [-0.25, -0.2) is 0 Å². The number of amides is 1. The molecule has 1 aromatic heterocycles. The fourth-order valence-corrected chi connectivity index (χ4v) is 2.74. The van der Waals surface area contributed by atoms with Gasteiger partial charge in [-0.1, -0.05) is 25.5 Å². The van der Waals surface area contributed by atoms with Gasteiger partial charge in [0.15, 0.2) is 0 Å². The molecule has 1 amide bonds. The van der Waals surface area contributed by atoms with Gasteiger partial charge in [0, 0.05) is 23.2 Å². The number of hydrogen-bond acceptors (Lipinski definition) is 5. The van der Waals surface area contributed by atoms with Crippen molar-refractivity contribution in [2.24, 2.45) is 0 Å². The summed E-state index contributed by atoms with van der Waals surface area (Å²) in [5, 5.41) is 22.0. The first kappa shape index (κ1) is 18.3. The second kappa shape index (κ2) is 7.82. The topological polar surface area (TPSA) is 109 Å². The highest BCUT2D eigenvalue weighted by molar-refractivity contribution is 6.05. The minimum absolute atomic E-state index is 0.0121. The lowest BCUT2D eigenvalue weighted by Gasteiger charge is -2.07. The van der Waals surface area contributed by atoms with E-state index < -0.39 is 10.8 Å². The molecule has 0 saturated heterocycles. The standard InChI is InChI=1S/C20H19N3O4/c1-2-3-4-13-5-7-15(8-6-13)22-20(24)17-12-14-11-16(23(25)26)9-10-18(14)27-19(17)21/h5-12,21H,2-4H2,1H3,(H,22,24). The summed E-state index contributed by atoms with van der Waals surface area (Å²) in [4.78, 5) is 22.9. The maximum absolute atomic E-state index is 12.5. The Morgan fingerprint density at radius 3 is 2.59 bits per heavy atom. The molecule has 1 heterocycles. The van der Waals surface area contributed by atoms with Crippen molar-refractivity contribution in [3.63, 3.8) is 0 Å². The minimum Gasteiger partial charge on any atom is -0.438 e. The van der Waals surface area contributed by atoms with Crippen LogP contribution in [0.1, 0.15) is 35.7 Å². The summed E-state index contributed by atoms with van der Waals surface area (Å²) >= 11 is 0. The normalized spacial score (nSPS) is 10.7. The van der Waals surface area contributed by atoms with Crippen molar-refractivity contribution in [1.82, 2.24) is 0 Å². The van der Waals surface area contributed by atoms with Gasteiger partial charge in [0.2, 0.25) is 5.55 Å². The average Bonchev–Trinajstić information content (AvgIpc) is 2.66. The van der Waals surface area contributed by atoms with E-state index in [0.29, 0.717) is 16.7 Å². The van der Waals surface area contributed by atoms with Crippen molar-refractivity contribution in [3.8, 4) is 0 Å². The molecule has 0 saturated carbocycles. The number of non-ortho nitro benzene ring substituents is 1. The molecule has 0 fully saturated rings. The number of benzene rings is 2. The average molecular weight is 365 g/mol. The zero-order chi connectivity index (χ0) is 19.4. The van der Waals surface area contributed by atoms with E-state index in [9.17, 15) is 14.9 Å². The SMILES string of the molecule is CCCCc1ccc(NC(=O)c2cc3cc([N+](=O)[O-])ccc3oc2=N)cc1. The lowest BCUT2D eigenvalue weighted by atomic mass is 10.1. The van der Waals surface area contributed by atoms with Crippen LogP contribution >= 0.6 is 0 Å². The van der Waals surface area contributed by atoms with E-state index in [-0.39, 0.29) is 16.8 Å². The molecule has 7 heteroatoms. The van der Waals surface area contributed by atoms with E-state index in [4.69, 9.17) is 9.83 Å². The van der Waals surface area contributed by atoms with Gasteiger partial charge in [0.25, 0.3) is 11.6 Å².